The van der Waals surface area contributed by atoms with Crippen LogP contribution in [-0.2, 0) is 17.6 Å². The molecule has 2 aromatic rings. The van der Waals surface area contributed by atoms with Crippen LogP contribution < -0.4 is 14.8 Å². The Morgan fingerprint density at radius 1 is 1.13 bits per heavy atom. The second-order valence-electron chi connectivity index (χ2n) is 5.08. The molecule has 5 heteroatoms. The Hall–Kier alpha value is -2.20. The fraction of sp³-hybridized carbons (Fsp3) is 0.278. The van der Waals surface area contributed by atoms with Crippen LogP contribution in [0.25, 0.3) is 0 Å². The standard InChI is InChI=1S/C18H20ClNO3/c1-22-16-6-7-17(23-2)14(11-16)12-18(21)20-9-8-13-4-3-5-15(19)10-13/h3-7,10-11H,8-9,12H2,1-2H3,(H,20,21). The summed E-state index contributed by atoms with van der Waals surface area (Å²) in [7, 11) is 3.18. The number of rotatable bonds is 7. The lowest BCUT2D eigenvalue weighted by Gasteiger charge is -2.11. The molecule has 23 heavy (non-hydrogen) atoms. The summed E-state index contributed by atoms with van der Waals surface area (Å²) < 4.78 is 10.5. The largest absolute Gasteiger partial charge is 0.497 e. The highest BCUT2D eigenvalue weighted by molar-refractivity contribution is 6.30. The predicted octanol–water partition coefficient (Wildman–Crippen LogP) is 3.26. The van der Waals surface area contributed by atoms with Crippen molar-refractivity contribution in [3.63, 3.8) is 0 Å². The van der Waals surface area contributed by atoms with Crippen LogP contribution in [0.3, 0.4) is 0 Å². The monoisotopic (exact) mass is 333 g/mol. The van der Waals surface area contributed by atoms with Crippen molar-refractivity contribution in [1.29, 1.82) is 0 Å². The Kier molecular flexibility index (Phi) is 6.29. The second-order valence-corrected chi connectivity index (χ2v) is 5.52. The summed E-state index contributed by atoms with van der Waals surface area (Å²) in [5.74, 6) is 1.32. The molecular weight excluding hydrogens is 314 g/mol. The molecule has 0 bridgehead atoms. The van der Waals surface area contributed by atoms with Crippen LogP contribution >= 0.6 is 11.6 Å². The van der Waals surface area contributed by atoms with E-state index in [-0.39, 0.29) is 12.3 Å². The van der Waals surface area contributed by atoms with Gasteiger partial charge in [0.1, 0.15) is 11.5 Å². The minimum atomic E-state index is -0.0569. The van der Waals surface area contributed by atoms with E-state index >= 15 is 0 Å². The highest BCUT2D eigenvalue weighted by atomic mass is 35.5. The molecule has 4 nitrogen and oxygen atoms in total. The Labute approximate surface area is 141 Å². The third kappa shape index (κ3) is 5.18. The molecular formula is C18H20ClNO3. The van der Waals surface area contributed by atoms with Gasteiger partial charge in [0.2, 0.25) is 5.91 Å². The number of benzene rings is 2. The Morgan fingerprint density at radius 3 is 2.65 bits per heavy atom. The molecule has 0 saturated carbocycles. The molecule has 0 saturated heterocycles. The van der Waals surface area contributed by atoms with Crippen molar-refractivity contribution in [3.05, 3.63) is 58.6 Å². The molecule has 0 radical (unpaired) electrons. The van der Waals surface area contributed by atoms with E-state index in [1.54, 1.807) is 26.4 Å². The molecule has 1 amide bonds. The quantitative estimate of drug-likeness (QED) is 0.846. The van der Waals surface area contributed by atoms with Crippen LogP contribution in [0.15, 0.2) is 42.5 Å². The number of hydrogen-bond donors (Lipinski definition) is 1. The van der Waals surface area contributed by atoms with E-state index in [9.17, 15) is 4.79 Å². The Bertz CT molecular complexity index is 673. The van der Waals surface area contributed by atoms with E-state index < -0.39 is 0 Å². The lowest BCUT2D eigenvalue weighted by Crippen LogP contribution is -2.27. The molecule has 0 aliphatic rings. The van der Waals surface area contributed by atoms with Gasteiger partial charge >= 0.3 is 0 Å². The number of amides is 1. The van der Waals surface area contributed by atoms with E-state index in [0.717, 1.165) is 17.5 Å². The lowest BCUT2D eigenvalue weighted by molar-refractivity contribution is -0.120. The molecule has 0 atom stereocenters. The molecule has 0 aliphatic heterocycles. The van der Waals surface area contributed by atoms with Gasteiger partial charge in [0.05, 0.1) is 20.6 Å². The molecule has 0 aromatic heterocycles. The fourth-order valence-corrected chi connectivity index (χ4v) is 2.51. The molecule has 1 N–H and O–H groups in total. The first-order chi connectivity index (χ1) is 11.1. The van der Waals surface area contributed by atoms with Gasteiger partial charge in [-0.2, -0.15) is 0 Å². The molecule has 0 fully saturated rings. The highest BCUT2D eigenvalue weighted by Gasteiger charge is 2.10. The first-order valence-corrected chi connectivity index (χ1v) is 7.72. The minimum absolute atomic E-state index is 0.0569. The summed E-state index contributed by atoms with van der Waals surface area (Å²) in [6.45, 7) is 0.561. The summed E-state index contributed by atoms with van der Waals surface area (Å²) in [5.41, 5.74) is 1.89. The summed E-state index contributed by atoms with van der Waals surface area (Å²) in [6.07, 6.45) is 0.984. The van der Waals surface area contributed by atoms with Gasteiger partial charge < -0.3 is 14.8 Å². The van der Waals surface area contributed by atoms with Gasteiger partial charge in [0, 0.05) is 17.1 Å². The number of hydrogen-bond acceptors (Lipinski definition) is 3. The summed E-state index contributed by atoms with van der Waals surface area (Å²) in [5, 5.41) is 3.61. The van der Waals surface area contributed by atoms with Crippen LogP contribution in [0.5, 0.6) is 11.5 Å². The van der Waals surface area contributed by atoms with E-state index in [1.807, 2.05) is 30.3 Å². The number of methoxy groups -OCH3 is 2. The first-order valence-electron chi connectivity index (χ1n) is 7.34. The van der Waals surface area contributed by atoms with Crippen LogP contribution in [0.4, 0.5) is 0 Å². The number of ether oxygens (including phenoxy) is 2. The first kappa shape index (κ1) is 17.2. The van der Waals surface area contributed by atoms with Crippen molar-refractivity contribution in [3.8, 4) is 11.5 Å². The van der Waals surface area contributed by atoms with Crippen molar-refractivity contribution in [2.45, 2.75) is 12.8 Å². The lowest BCUT2D eigenvalue weighted by atomic mass is 10.1. The zero-order chi connectivity index (χ0) is 16.7. The van der Waals surface area contributed by atoms with Crippen molar-refractivity contribution in [2.75, 3.05) is 20.8 Å². The van der Waals surface area contributed by atoms with Crippen LogP contribution in [0, 0.1) is 0 Å². The molecule has 0 spiro atoms. The molecule has 0 heterocycles. The fourth-order valence-electron chi connectivity index (χ4n) is 2.29. The second kappa shape index (κ2) is 8.44. The topological polar surface area (TPSA) is 47.6 Å². The summed E-state index contributed by atoms with van der Waals surface area (Å²) in [4.78, 5) is 12.1. The van der Waals surface area contributed by atoms with Gasteiger partial charge in [-0.1, -0.05) is 23.7 Å². The molecule has 122 valence electrons. The Morgan fingerprint density at radius 2 is 1.96 bits per heavy atom. The van der Waals surface area contributed by atoms with E-state index in [2.05, 4.69) is 5.32 Å². The van der Waals surface area contributed by atoms with E-state index in [4.69, 9.17) is 21.1 Å². The highest BCUT2D eigenvalue weighted by Crippen LogP contribution is 2.24. The van der Waals surface area contributed by atoms with Gasteiger partial charge in [-0.3, -0.25) is 4.79 Å². The Balaban J connectivity index is 1.89. The third-order valence-electron chi connectivity index (χ3n) is 3.46. The minimum Gasteiger partial charge on any atom is -0.497 e. The van der Waals surface area contributed by atoms with Crippen molar-refractivity contribution < 1.29 is 14.3 Å². The van der Waals surface area contributed by atoms with Crippen LogP contribution in [0.2, 0.25) is 5.02 Å². The predicted molar refractivity (Wildman–Crippen MR) is 91.4 cm³/mol. The van der Waals surface area contributed by atoms with E-state index in [0.29, 0.717) is 23.1 Å². The number of nitrogens with one attached hydrogen (secondary N) is 1. The van der Waals surface area contributed by atoms with Crippen LogP contribution in [0.1, 0.15) is 11.1 Å². The molecule has 2 rings (SSSR count). The number of carbonyl (C=O) groups is 1. The normalized spacial score (nSPS) is 10.2. The summed E-state index contributed by atoms with van der Waals surface area (Å²) in [6, 6.07) is 13.0. The van der Waals surface area contributed by atoms with Crippen LogP contribution in [-0.4, -0.2) is 26.7 Å². The molecule has 2 aromatic carbocycles. The van der Waals surface area contributed by atoms with Gasteiger partial charge in [-0.05, 0) is 42.3 Å². The number of halogens is 1. The third-order valence-corrected chi connectivity index (χ3v) is 3.70. The van der Waals surface area contributed by atoms with Gasteiger partial charge in [0.15, 0.2) is 0 Å². The summed E-state index contributed by atoms with van der Waals surface area (Å²) >= 11 is 5.94. The zero-order valence-corrected chi connectivity index (χ0v) is 14.0. The maximum absolute atomic E-state index is 12.1. The molecule has 0 unspecified atom stereocenters. The van der Waals surface area contributed by atoms with Gasteiger partial charge in [-0.15, -0.1) is 0 Å². The molecule has 0 aliphatic carbocycles. The SMILES string of the molecule is COc1ccc(OC)c(CC(=O)NCCc2cccc(Cl)c2)c1. The smallest absolute Gasteiger partial charge is 0.224 e. The van der Waals surface area contributed by atoms with E-state index in [1.165, 1.54) is 0 Å². The van der Waals surface area contributed by atoms with Crippen molar-refractivity contribution >= 4 is 17.5 Å². The van der Waals surface area contributed by atoms with Gasteiger partial charge in [0.25, 0.3) is 0 Å². The number of carbonyl (C=O) groups excluding carboxylic acids is 1. The average molecular weight is 334 g/mol. The maximum atomic E-state index is 12.1. The zero-order valence-electron chi connectivity index (χ0n) is 13.3. The average Bonchev–Trinajstić information content (AvgIpc) is 2.55. The van der Waals surface area contributed by atoms with Gasteiger partial charge in [-0.25, -0.2) is 0 Å². The maximum Gasteiger partial charge on any atom is 0.224 e. The van der Waals surface area contributed by atoms with Crippen molar-refractivity contribution in [1.82, 2.24) is 5.32 Å². The van der Waals surface area contributed by atoms with Crippen molar-refractivity contribution in [2.24, 2.45) is 0 Å².